The van der Waals surface area contributed by atoms with Crippen LogP contribution < -0.4 is 10.6 Å². The molecule has 138 valence electrons. The normalized spacial score (nSPS) is 14.8. The topological polar surface area (TPSA) is 66.5 Å². The standard InChI is InChI=1S/C18H20F2N4O2/c19-13-1-3-16(15(20)11-13)23-14-2-4-17(22-12-14)18(25)21-5-6-24-7-9-26-10-8-24/h1-4,11-12,23H,5-10H2,(H,21,25). The van der Waals surface area contributed by atoms with E-state index in [9.17, 15) is 13.6 Å². The van der Waals surface area contributed by atoms with Crippen LogP contribution in [-0.2, 0) is 4.74 Å². The summed E-state index contributed by atoms with van der Waals surface area (Å²) in [5, 5.41) is 5.62. The second-order valence-electron chi connectivity index (χ2n) is 5.89. The molecule has 0 atom stereocenters. The molecule has 2 N–H and O–H groups in total. The van der Waals surface area contributed by atoms with Gasteiger partial charge in [-0.25, -0.2) is 13.8 Å². The van der Waals surface area contributed by atoms with Crippen LogP contribution in [0.5, 0.6) is 0 Å². The summed E-state index contributed by atoms with van der Waals surface area (Å²) < 4.78 is 31.8. The number of carbonyl (C=O) groups is 1. The van der Waals surface area contributed by atoms with Crippen molar-refractivity contribution in [2.75, 3.05) is 44.7 Å². The lowest BCUT2D eigenvalue weighted by atomic mass is 10.2. The van der Waals surface area contributed by atoms with Gasteiger partial charge in [0.2, 0.25) is 0 Å². The Balaban J connectivity index is 1.50. The summed E-state index contributed by atoms with van der Waals surface area (Å²) in [4.78, 5) is 18.4. The van der Waals surface area contributed by atoms with Gasteiger partial charge in [0, 0.05) is 32.2 Å². The first-order valence-corrected chi connectivity index (χ1v) is 8.38. The minimum Gasteiger partial charge on any atom is -0.379 e. The van der Waals surface area contributed by atoms with Gasteiger partial charge >= 0.3 is 0 Å². The number of nitrogens with zero attached hydrogens (tertiary/aromatic N) is 2. The molecule has 8 heteroatoms. The Hall–Kier alpha value is -2.58. The molecule has 3 rings (SSSR count). The zero-order valence-electron chi connectivity index (χ0n) is 14.2. The third-order valence-electron chi connectivity index (χ3n) is 4.02. The quantitative estimate of drug-likeness (QED) is 0.824. The lowest BCUT2D eigenvalue weighted by molar-refractivity contribution is 0.0383. The summed E-state index contributed by atoms with van der Waals surface area (Å²) in [6.45, 7) is 4.47. The van der Waals surface area contributed by atoms with E-state index >= 15 is 0 Å². The number of ether oxygens (including phenoxy) is 1. The van der Waals surface area contributed by atoms with Crippen molar-refractivity contribution in [2.24, 2.45) is 0 Å². The zero-order chi connectivity index (χ0) is 18.4. The van der Waals surface area contributed by atoms with E-state index in [-0.39, 0.29) is 17.3 Å². The molecule has 0 saturated carbocycles. The number of halogens is 2. The number of aromatic nitrogens is 1. The van der Waals surface area contributed by atoms with Crippen LogP contribution in [0.15, 0.2) is 36.5 Å². The first-order chi connectivity index (χ1) is 12.6. The highest BCUT2D eigenvalue weighted by Crippen LogP contribution is 2.20. The molecule has 0 radical (unpaired) electrons. The smallest absolute Gasteiger partial charge is 0.269 e. The van der Waals surface area contributed by atoms with Crippen LogP contribution in [0, 0.1) is 11.6 Å². The maximum Gasteiger partial charge on any atom is 0.269 e. The Morgan fingerprint density at radius 3 is 2.69 bits per heavy atom. The van der Waals surface area contributed by atoms with Gasteiger partial charge in [-0.05, 0) is 24.3 Å². The summed E-state index contributed by atoms with van der Waals surface area (Å²) in [7, 11) is 0. The number of benzene rings is 1. The molecule has 2 heterocycles. The molecule has 0 bridgehead atoms. The van der Waals surface area contributed by atoms with Crippen molar-refractivity contribution in [3.63, 3.8) is 0 Å². The Kier molecular flexibility index (Phi) is 6.08. The Morgan fingerprint density at radius 1 is 1.19 bits per heavy atom. The fourth-order valence-corrected chi connectivity index (χ4v) is 2.59. The van der Waals surface area contributed by atoms with Crippen LogP contribution in [0.3, 0.4) is 0 Å². The Morgan fingerprint density at radius 2 is 2.00 bits per heavy atom. The Labute approximate surface area is 150 Å². The summed E-state index contributed by atoms with van der Waals surface area (Å²) in [5.41, 5.74) is 0.911. The second kappa shape index (κ2) is 8.68. The van der Waals surface area contributed by atoms with Crippen LogP contribution in [0.2, 0.25) is 0 Å². The highest BCUT2D eigenvalue weighted by molar-refractivity contribution is 5.92. The van der Waals surface area contributed by atoms with Crippen molar-refractivity contribution in [3.8, 4) is 0 Å². The van der Waals surface area contributed by atoms with E-state index in [1.54, 1.807) is 12.1 Å². The van der Waals surface area contributed by atoms with Crippen molar-refractivity contribution in [3.05, 3.63) is 53.9 Å². The average molecular weight is 362 g/mol. The lowest BCUT2D eigenvalue weighted by Gasteiger charge is -2.26. The number of anilines is 2. The minimum absolute atomic E-state index is 0.135. The highest BCUT2D eigenvalue weighted by atomic mass is 19.1. The molecule has 1 aliphatic heterocycles. The highest BCUT2D eigenvalue weighted by Gasteiger charge is 2.12. The van der Waals surface area contributed by atoms with E-state index in [4.69, 9.17) is 4.74 Å². The first-order valence-electron chi connectivity index (χ1n) is 8.38. The van der Waals surface area contributed by atoms with E-state index in [2.05, 4.69) is 20.5 Å². The predicted molar refractivity (Wildman–Crippen MR) is 93.5 cm³/mol. The molecular formula is C18H20F2N4O2. The summed E-state index contributed by atoms with van der Waals surface area (Å²) in [6, 6.07) is 6.43. The van der Waals surface area contributed by atoms with Gasteiger partial charge in [0.25, 0.3) is 5.91 Å². The third kappa shape index (κ3) is 4.96. The molecule has 1 aromatic carbocycles. The number of nitrogens with one attached hydrogen (secondary N) is 2. The van der Waals surface area contributed by atoms with E-state index < -0.39 is 11.6 Å². The molecule has 0 aliphatic carbocycles. The monoisotopic (exact) mass is 362 g/mol. The fraction of sp³-hybridized carbons (Fsp3) is 0.333. The number of carbonyl (C=O) groups excluding carboxylic acids is 1. The van der Waals surface area contributed by atoms with Gasteiger partial charge < -0.3 is 15.4 Å². The van der Waals surface area contributed by atoms with Gasteiger partial charge in [-0.2, -0.15) is 0 Å². The number of rotatable bonds is 6. The largest absolute Gasteiger partial charge is 0.379 e. The van der Waals surface area contributed by atoms with Crippen molar-refractivity contribution in [2.45, 2.75) is 0 Å². The predicted octanol–water partition coefficient (Wildman–Crippen LogP) is 2.17. The van der Waals surface area contributed by atoms with Gasteiger partial charge in [0.15, 0.2) is 0 Å². The van der Waals surface area contributed by atoms with Crippen molar-refractivity contribution >= 4 is 17.3 Å². The van der Waals surface area contributed by atoms with Gasteiger partial charge in [0.1, 0.15) is 17.3 Å². The van der Waals surface area contributed by atoms with E-state index in [0.717, 1.165) is 45.0 Å². The van der Waals surface area contributed by atoms with Gasteiger partial charge in [-0.1, -0.05) is 0 Å². The van der Waals surface area contributed by atoms with Gasteiger partial charge in [-0.3, -0.25) is 9.69 Å². The summed E-state index contributed by atoms with van der Waals surface area (Å²) in [5.74, 6) is -1.61. The van der Waals surface area contributed by atoms with Crippen LogP contribution >= 0.6 is 0 Å². The van der Waals surface area contributed by atoms with Crippen LogP contribution in [0.1, 0.15) is 10.5 Å². The van der Waals surface area contributed by atoms with Crippen LogP contribution in [-0.4, -0.2) is 55.2 Å². The molecule has 26 heavy (non-hydrogen) atoms. The maximum absolute atomic E-state index is 13.6. The molecule has 1 amide bonds. The molecular weight excluding hydrogens is 342 g/mol. The van der Waals surface area contributed by atoms with Crippen LogP contribution in [0.25, 0.3) is 0 Å². The SMILES string of the molecule is O=C(NCCN1CCOCC1)c1ccc(Nc2ccc(F)cc2F)cn1. The Bertz CT molecular complexity index is 749. The van der Waals surface area contributed by atoms with E-state index in [1.807, 2.05) is 0 Å². The molecule has 2 aromatic rings. The number of hydrogen-bond donors (Lipinski definition) is 2. The third-order valence-corrected chi connectivity index (χ3v) is 4.02. The number of amides is 1. The van der Waals surface area contributed by atoms with Crippen molar-refractivity contribution in [1.82, 2.24) is 15.2 Å². The minimum atomic E-state index is -0.699. The number of pyridine rings is 1. The summed E-state index contributed by atoms with van der Waals surface area (Å²) in [6.07, 6.45) is 1.43. The van der Waals surface area contributed by atoms with Crippen LogP contribution in [0.4, 0.5) is 20.2 Å². The molecule has 0 spiro atoms. The zero-order valence-corrected chi connectivity index (χ0v) is 14.2. The molecule has 6 nitrogen and oxygen atoms in total. The molecule has 1 saturated heterocycles. The van der Waals surface area contributed by atoms with Gasteiger partial charge in [0.05, 0.1) is 30.8 Å². The molecule has 1 fully saturated rings. The van der Waals surface area contributed by atoms with Crippen molar-refractivity contribution in [1.29, 1.82) is 0 Å². The van der Waals surface area contributed by atoms with E-state index in [0.29, 0.717) is 12.2 Å². The molecule has 1 aliphatic rings. The number of morpholine rings is 1. The molecule has 1 aromatic heterocycles. The average Bonchev–Trinajstić information content (AvgIpc) is 2.65. The summed E-state index contributed by atoms with van der Waals surface area (Å²) >= 11 is 0. The lowest BCUT2D eigenvalue weighted by Crippen LogP contribution is -2.41. The van der Waals surface area contributed by atoms with E-state index in [1.165, 1.54) is 12.3 Å². The second-order valence-corrected chi connectivity index (χ2v) is 5.89. The fourth-order valence-electron chi connectivity index (χ4n) is 2.59. The van der Waals surface area contributed by atoms with Crippen molar-refractivity contribution < 1.29 is 18.3 Å². The maximum atomic E-state index is 13.6. The van der Waals surface area contributed by atoms with Gasteiger partial charge in [-0.15, -0.1) is 0 Å². The number of hydrogen-bond acceptors (Lipinski definition) is 5. The first kappa shape index (κ1) is 18.2. The molecule has 0 unspecified atom stereocenters.